The van der Waals surface area contributed by atoms with E-state index in [1.54, 1.807) is 6.33 Å². The average molecular weight is 406 g/mol. The summed E-state index contributed by atoms with van der Waals surface area (Å²) in [6, 6.07) is 11.7. The van der Waals surface area contributed by atoms with Crippen LogP contribution in [0.15, 0.2) is 42.7 Å². The molecular formula is C22H26N6O2. The zero-order valence-electron chi connectivity index (χ0n) is 17.6. The van der Waals surface area contributed by atoms with Crippen LogP contribution in [-0.4, -0.2) is 63.3 Å². The Hall–Kier alpha value is -3.42. The molecule has 1 aromatic carbocycles. The van der Waals surface area contributed by atoms with Gasteiger partial charge in [-0.25, -0.2) is 14.6 Å². The van der Waals surface area contributed by atoms with E-state index < -0.39 is 0 Å². The maximum atomic E-state index is 12.5. The minimum absolute atomic E-state index is 0.00115. The summed E-state index contributed by atoms with van der Waals surface area (Å²) in [7, 11) is 0. The van der Waals surface area contributed by atoms with Gasteiger partial charge < -0.3 is 14.5 Å². The van der Waals surface area contributed by atoms with Crippen molar-refractivity contribution in [3.63, 3.8) is 0 Å². The zero-order chi connectivity index (χ0) is 21.1. The molecule has 2 aromatic heterocycles. The van der Waals surface area contributed by atoms with Gasteiger partial charge in [-0.15, -0.1) is 0 Å². The summed E-state index contributed by atoms with van der Waals surface area (Å²) in [4.78, 5) is 25.3. The highest BCUT2D eigenvalue weighted by atomic mass is 16.5. The molecule has 3 aromatic rings. The first-order valence-electron chi connectivity index (χ1n) is 10.1. The zero-order valence-corrected chi connectivity index (χ0v) is 17.6. The van der Waals surface area contributed by atoms with Gasteiger partial charge in [-0.05, 0) is 39.0 Å². The van der Waals surface area contributed by atoms with Crippen LogP contribution in [0.4, 0.5) is 5.82 Å². The van der Waals surface area contributed by atoms with Gasteiger partial charge in [0.25, 0.3) is 5.91 Å². The van der Waals surface area contributed by atoms with Crippen LogP contribution in [0.3, 0.4) is 0 Å². The predicted molar refractivity (Wildman–Crippen MR) is 114 cm³/mol. The third-order valence-electron chi connectivity index (χ3n) is 5.20. The lowest BCUT2D eigenvalue weighted by atomic mass is 10.2. The Kier molecular flexibility index (Phi) is 5.65. The minimum atomic E-state index is 0.00115. The Morgan fingerprint density at radius 2 is 1.67 bits per heavy atom. The molecule has 0 radical (unpaired) electrons. The van der Waals surface area contributed by atoms with E-state index in [0.29, 0.717) is 31.9 Å². The van der Waals surface area contributed by atoms with Crippen LogP contribution in [0.2, 0.25) is 0 Å². The standard InChI is InChI=1S/C22H26N6O2/c1-16-4-6-19(7-5-16)30-14-22(29)27-10-8-26(9-11-27)20-13-21(24-15-23-20)28-18(3)12-17(2)25-28/h4-7,12-13,15H,8-11,14H2,1-3H3. The van der Waals surface area contributed by atoms with Gasteiger partial charge in [0.05, 0.1) is 5.69 Å². The van der Waals surface area contributed by atoms with Gasteiger partial charge in [0, 0.05) is 37.9 Å². The second-order valence-corrected chi connectivity index (χ2v) is 7.54. The Balaban J connectivity index is 1.34. The summed E-state index contributed by atoms with van der Waals surface area (Å²) in [6.07, 6.45) is 1.56. The number of hydrogen-bond donors (Lipinski definition) is 0. The van der Waals surface area contributed by atoms with Gasteiger partial charge in [0.2, 0.25) is 0 Å². The van der Waals surface area contributed by atoms with Crippen LogP contribution in [0.5, 0.6) is 5.75 Å². The average Bonchev–Trinajstić information content (AvgIpc) is 3.11. The van der Waals surface area contributed by atoms with E-state index >= 15 is 0 Å². The number of carbonyl (C=O) groups excluding carboxylic acids is 1. The molecule has 3 heterocycles. The van der Waals surface area contributed by atoms with Crippen molar-refractivity contribution in [1.29, 1.82) is 0 Å². The Labute approximate surface area is 176 Å². The third-order valence-corrected chi connectivity index (χ3v) is 5.20. The van der Waals surface area contributed by atoms with Gasteiger partial charge >= 0.3 is 0 Å². The SMILES string of the molecule is Cc1ccc(OCC(=O)N2CCN(c3cc(-n4nc(C)cc4C)ncn3)CC2)cc1. The number of amides is 1. The van der Waals surface area contributed by atoms with Gasteiger partial charge in [0.1, 0.15) is 17.9 Å². The quantitative estimate of drug-likeness (QED) is 0.647. The molecule has 1 amide bonds. The highest BCUT2D eigenvalue weighted by Crippen LogP contribution is 2.18. The fourth-order valence-corrected chi connectivity index (χ4v) is 3.54. The first kappa shape index (κ1) is 19.9. The van der Waals surface area contributed by atoms with Crippen molar-refractivity contribution >= 4 is 11.7 Å². The molecule has 8 heteroatoms. The molecule has 30 heavy (non-hydrogen) atoms. The molecule has 8 nitrogen and oxygen atoms in total. The monoisotopic (exact) mass is 406 g/mol. The van der Waals surface area contributed by atoms with Gasteiger partial charge in [-0.1, -0.05) is 17.7 Å². The maximum Gasteiger partial charge on any atom is 0.260 e. The van der Waals surface area contributed by atoms with Crippen molar-refractivity contribution in [2.24, 2.45) is 0 Å². The molecule has 4 rings (SSSR count). The molecule has 0 saturated carbocycles. The molecule has 1 aliphatic heterocycles. The van der Waals surface area contributed by atoms with Crippen LogP contribution in [-0.2, 0) is 4.79 Å². The summed E-state index contributed by atoms with van der Waals surface area (Å²) < 4.78 is 7.45. The number of piperazine rings is 1. The van der Waals surface area contributed by atoms with E-state index in [-0.39, 0.29) is 12.5 Å². The normalized spacial score (nSPS) is 14.1. The smallest absolute Gasteiger partial charge is 0.260 e. The van der Waals surface area contributed by atoms with E-state index in [0.717, 1.165) is 28.6 Å². The first-order chi connectivity index (χ1) is 14.5. The van der Waals surface area contributed by atoms with E-state index in [9.17, 15) is 4.79 Å². The summed E-state index contributed by atoms with van der Waals surface area (Å²) >= 11 is 0. The fourth-order valence-electron chi connectivity index (χ4n) is 3.54. The lowest BCUT2D eigenvalue weighted by Gasteiger charge is -2.35. The number of benzene rings is 1. The molecule has 1 saturated heterocycles. The van der Waals surface area contributed by atoms with Crippen molar-refractivity contribution in [2.45, 2.75) is 20.8 Å². The summed E-state index contributed by atoms with van der Waals surface area (Å²) in [5.74, 6) is 2.30. The van der Waals surface area contributed by atoms with Crippen molar-refractivity contribution < 1.29 is 9.53 Å². The van der Waals surface area contributed by atoms with Crippen molar-refractivity contribution in [3.05, 3.63) is 59.7 Å². The number of aryl methyl sites for hydroxylation is 3. The van der Waals surface area contributed by atoms with E-state index in [1.807, 2.05) is 66.8 Å². The minimum Gasteiger partial charge on any atom is -0.484 e. The number of aromatic nitrogens is 4. The molecule has 0 aliphatic carbocycles. The third kappa shape index (κ3) is 4.42. The Morgan fingerprint density at radius 1 is 0.967 bits per heavy atom. The molecule has 0 bridgehead atoms. The van der Waals surface area contributed by atoms with E-state index in [4.69, 9.17) is 4.74 Å². The highest BCUT2D eigenvalue weighted by Gasteiger charge is 2.22. The van der Waals surface area contributed by atoms with Crippen LogP contribution in [0, 0.1) is 20.8 Å². The molecule has 0 unspecified atom stereocenters. The van der Waals surface area contributed by atoms with Crippen LogP contribution < -0.4 is 9.64 Å². The first-order valence-corrected chi connectivity index (χ1v) is 10.1. The van der Waals surface area contributed by atoms with Gasteiger partial charge in [-0.3, -0.25) is 4.79 Å². The van der Waals surface area contributed by atoms with Crippen LogP contribution in [0.1, 0.15) is 17.0 Å². The molecule has 1 aliphatic rings. The van der Waals surface area contributed by atoms with Gasteiger partial charge in [0.15, 0.2) is 12.4 Å². The Bertz CT molecular complexity index is 1020. The predicted octanol–water partition coefficient (Wildman–Crippen LogP) is 2.32. The molecule has 0 atom stereocenters. The van der Waals surface area contributed by atoms with Crippen molar-refractivity contribution in [3.8, 4) is 11.6 Å². The largest absolute Gasteiger partial charge is 0.484 e. The number of ether oxygens (including phenoxy) is 1. The number of hydrogen-bond acceptors (Lipinski definition) is 6. The second kappa shape index (κ2) is 8.52. The second-order valence-electron chi connectivity index (χ2n) is 7.54. The summed E-state index contributed by atoms with van der Waals surface area (Å²) in [6.45, 7) is 8.73. The topological polar surface area (TPSA) is 76.4 Å². The highest BCUT2D eigenvalue weighted by molar-refractivity contribution is 5.78. The maximum absolute atomic E-state index is 12.5. The number of rotatable bonds is 5. The lowest BCUT2D eigenvalue weighted by Crippen LogP contribution is -2.50. The summed E-state index contributed by atoms with van der Waals surface area (Å²) in [5, 5.41) is 4.49. The van der Waals surface area contributed by atoms with Gasteiger partial charge in [-0.2, -0.15) is 5.10 Å². The number of nitrogens with zero attached hydrogens (tertiary/aromatic N) is 6. The Morgan fingerprint density at radius 3 is 2.33 bits per heavy atom. The van der Waals surface area contributed by atoms with Crippen molar-refractivity contribution in [1.82, 2.24) is 24.6 Å². The summed E-state index contributed by atoms with van der Waals surface area (Å²) in [5.41, 5.74) is 3.14. The molecule has 1 fully saturated rings. The molecular weight excluding hydrogens is 380 g/mol. The van der Waals surface area contributed by atoms with Crippen LogP contribution in [0.25, 0.3) is 5.82 Å². The molecule has 0 N–H and O–H groups in total. The van der Waals surface area contributed by atoms with E-state index in [1.165, 1.54) is 0 Å². The van der Waals surface area contributed by atoms with E-state index in [2.05, 4.69) is 20.0 Å². The molecule has 156 valence electrons. The van der Waals surface area contributed by atoms with Crippen LogP contribution >= 0.6 is 0 Å². The number of anilines is 1. The number of carbonyl (C=O) groups is 1. The van der Waals surface area contributed by atoms with Crippen molar-refractivity contribution in [2.75, 3.05) is 37.7 Å². The fraction of sp³-hybridized carbons (Fsp3) is 0.364. The lowest BCUT2D eigenvalue weighted by molar-refractivity contribution is -0.133. The molecule has 0 spiro atoms.